The van der Waals surface area contributed by atoms with Crippen LogP contribution in [-0.2, 0) is 0 Å². The Labute approximate surface area is 111 Å². The summed E-state index contributed by atoms with van der Waals surface area (Å²) in [6.07, 6.45) is 2.12. The second-order valence-corrected chi connectivity index (χ2v) is 4.85. The highest BCUT2D eigenvalue weighted by molar-refractivity contribution is 6.34. The number of ketones is 1. The molecule has 2 aromatic rings. The highest BCUT2D eigenvalue weighted by Gasteiger charge is 2.16. The van der Waals surface area contributed by atoms with Gasteiger partial charge in [-0.1, -0.05) is 37.1 Å². The normalized spacial score (nSPS) is 12.8. The Morgan fingerprint density at radius 2 is 2.28 bits per heavy atom. The lowest BCUT2D eigenvalue weighted by atomic mass is 10.1. The second-order valence-electron chi connectivity index (χ2n) is 4.44. The number of nitrogens with two attached hydrogens (primary N) is 1. The molecule has 3 nitrogen and oxygen atoms in total. The van der Waals surface area contributed by atoms with E-state index in [9.17, 15) is 4.79 Å². The van der Waals surface area contributed by atoms with Gasteiger partial charge in [-0.3, -0.25) is 4.79 Å². The molecule has 2 rings (SSSR count). The Kier molecular flexibility index (Phi) is 4.04. The summed E-state index contributed by atoms with van der Waals surface area (Å²) in [5, 5.41) is 1.36. The Morgan fingerprint density at radius 1 is 1.50 bits per heavy atom. The monoisotopic (exact) mass is 265 g/mol. The fourth-order valence-electron chi connectivity index (χ4n) is 1.98. The van der Waals surface area contributed by atoms with Crippen LogP contribution in [0.15, 0.2) is 28.7 Å². The van der Waals surface area contributed by atoms with Gasteiger partial charge in [-0.05, 0) is 18.6 Å². The Balaban J connectivity index is 2.21. The highest BCUT2D eigenvalue weighted by atomic mass is 35.5. The number of furan rings is 1. The third-order valence-corrected chi connectivity index (χ3v) is 3.18. The standard InChI is InChI=1S/C14H16ClNO2/c1-2-4-10(16)8-12(17)13-7-9-5-3-6-11(15)14(9)18-13/h3,5-7,10H,2,4,8,16H2,1H3. The van der Waals surface area contributed by atoms with Crippen LogP contribution >= 0.6 is 11.6 Å². The van der Waals surface area contributed by atoms with Gasteiger partial charge in [0, 0.05) is 17.8 Å². The molecule has 18 heavy (non-hydrogen) atoms. The zero-order chi connectivity index (χ0) is 13.1. The van der Waals surface area contributed by atoms with Gasteiger partial charge in [0.2, 0.25) is 0 Å². The molecule has 1 aromatic heterocycles. The third kappa shape index (κ3) is 2.74. The molecule has 96 valence electrons. The van der Waals surface area contributed by atoms with Gasteiger partial charge in [-0.25, -0.2) is 0 Å². The first-order chi connectivity index (χ1) is 8.61. The molecule has 2 N–H and O–H groups in total. The van der Waals surface area contributed by atoms with Gasteiger partial charge in [0.05, 0.1) is 5.02 Å². The van der Waals surface area contributed by atoms with Crippen molar-refractivity contribution in [2.45, 2.75) is 32.2 Å². The van der Waals surface area contributed by atoms with Crippen molar-refractivity contribution >= 4 is 28.4 Å². The minimum absolute atomic E-state index is 0.0665. The molecule has 1 heterocycles. The number of hydrogen-bond acceptors (Lipinski definition) is 3. The van der Waals surface area contributed by atoms with Crippen molar-refractivity contribution in [2.75, 3.05) is 0 Å². The first-order valence-corrected chi connectivity index (χ1v) is 6.46. The molecule has 1 aromatic carbocycles. The van der Waals surface area contributed by atoms with E-state index in [4.69, 9.17) is 21.8 Å². The Hall–Kier alpha value is -1.32. The van der Waals surface area contributed by atoms with Crippen molar-refractivity contribution in [3.8, 4) is 0 Å². The van der Waals surface area contributed by atoms with Crippen LogP contribution in [0.4, 0.5) is 0 Å². The number of carbonyl (C=O) groups excluding carboxylic acids is 1. The molecular formula is C14H16ClNO2. The van der Waals surface area contributed by atoms with Crippen molar-refractivity contribution in [2.24, 2.45) is 5.73 Å². The summed E-state index contributed by atoms with van der Waals surface area (Å²) in [6, 6.07) is 7.06. The summed E-state index contributed by atoms with van der Waals surface area (Å²) in [6.45, 7) is 2.05. The summed E-state index contributed by atoms with van der Waals surface area (Å²) in [5.74, 6) is 0.271. The van der Waals surface area contributed by atoms with E-state index in [0.29, 0.717) is 22.8 Å². The van der Waals surface area contributed by atoms with Crippen LogP contribution in [0.1, 0.15) is 36.7 Å². The molecule has 1 unspecified atom stereocenters. The van der Waals surface area contributed by atoms with Crippen LogP contribution in [0.5, 0.6) is 0 Å². The molecule has 0 amide bonds. The van der Waals surface area contributed by atoms with Gasteiger partial charge < -0.3 is 10.2 Å². The summed E-state index contributed by atoms with van der Waals surface area (Å²) >= 11 is 6.00. The Morgan fingerprint density at radius 3 is 2.94 bits per heavy atom. The molecule has 4 heteroatoms. The zero-order valence-corrected chi connectivity index (χ0v) is 11.0. The second kappa shape index (κ2) is 5.55. The minimum atomic E-state index is -0.105. The maximum atomic E-state index is 12.0. The van der Waals surface area contributed by atoms with Gasteiger partial charge >= 0.3 is 0 Å². The first-order valence-electron chi connectivity index (χ1n) is 6.08. The van der Waals surface area contributed by atoms with E-state index in [-0.39, 0.29) is 11.8 Å². The fraction of sp³-hybridized carbons (Fsp3) is 0.357. The summed E-state index contributed by atoms with van der Waals surface area (Å²) < 4.78 is 5.50. The number of halogens is 1. The molecule has 0 aliphatic heterocycles. The van der Waals surface area contributed by atoms with Crippen LogP contribution in [0, 0.1) is 0 Å². The number of rotatable bonds is 5. The molecule has 0 fully saturated rings. The largest absolute Gasteiger partial charge is 0.451 e. The molecule has 0 bridgehead atoms. The smallest absolute Gasteiger partial charge is 0.199 e. The van der Waals surface area contributed by atoms with E-state index in [0.717, 1.165) is 18.2 Å². The Bertz CT molecular complexity index is 562. The van der Waals surface area contributed by atoms with Gasteiger partial charge in [0.25, 0.3) is 0 Å². The molecule has 1 atom stereocenters. The quantitative estimate of drug-likeness (QED) is 0.837. The molecule has 0 radical (unpaired) electrons. The number of hydrogen-bond donors (Lipinski definition) is 1. The third-order valence-electron chi connectivity index (χ3n) is 2.88. The number of benzene rings is 1. The summed E-state index contributed by atoms with van der Waals surface area (Å²) in [7, 11) is 0. The van der Waals surface area contributed by atoms with E-state index in [2.05, 4.69) is 0 Å². The van der Waals surface area contributed by atoms with Crippen LogP contribution < -0.4 is 5.73 Å². The minimum Gasteiger partial charge on any atom is -0.451 e. The van der Waals surface area contributed by atoms with Gasteiger partial charge in [-0.15, -0.1) is 0 Å². The SMILES string of the molecule is CCCC(N)CC(=O)c1cc2cccc(Cl)c2o1. The van der Waals surface area contributed by atoms with Crippen molar-refractivity contribution in [3.05, 3.63) is 35.0 Å². The maximum absolute atomic E-state index is 12.0. The number of Topliss-reactive ketones (excluding diaryl/α,β-unsaturated/α-hetero) is 1. The molecule has 0 spiro atoms. The van der Waals surface area contributed by atoms with E-state index in [1.807, 2.05) is 19.1 Å². The van der Waals surface area contributed by atoms with Crippen LogP contribution in [-0.4, -0.2) is 11.8 Å². The fourth-order valence-corrected chi connectivity index (χ4v) is 2.20. The van der Waals surface area contributed by atoms with Crippen molar-refractivity contribution in [1.29, 1.82) is 0 Å². The van der Waals surface area contributed by atoms with E-state index < -0.39 is 0 Å². The molecule has 0 saturated carbocycles. The van der Waals surface area contributed by atoms with Crippen molar-refractivity contribution in [1.82, 2.24) is 0 Å². The molecule has 0 saturated heterocycles. The van der Waals surface area contributed by atoms with Crippen LogP contribution in [0.25, 0.3) is 11.0 Å². The van der Waals surface area contributed by atoms with E-state index in [1.54, 1.807) is 12.1 Å². The maximum Gasteiger partial charge on any atom is 0.199 e. The zero-order valence-electron chi connectivity index (χ0n) is 10.3. The van der Waals surface area contributed by atoms with Crippen molar-refractivity contribution < 1.29 is 9.21 Å². The number of para-hydroxylation sites is 1. The topological polar surface area (TPSA) is 56.2 Å². The lowest BCUT2D eigenvalue weighted by Gasteiger charge is -2.07. The lowest BCUT2D eigenvalue weighted by molar-refractivity contribution is 0.0948. The summed E-state index contributed by atoms with van der Waals surface area (Å²) in [4.78, 5) is 12.0. The first kappa shape index (κ1) is 13.1. The predicted octanol–water partition coefficient (Wildman–Crippen LogP) is 3.79. The summed E-state index contributed by atoms with van der Waals surface area (Å²) in [5.41, 5.74) is 6.42. The average molecular weight is 266 g/mol. The number of carbonyl (C=O) groups is 1. The molecular weight excluding hydrogens is 250 g/mol. The van der Waals surface area contributed by atoms with Gasteiger partial charge in [-0.2, -0.15) is 0 Å². The van der Waals surface area contributed by atoms with Gasteiger partial charge in [0.15, 0.2) is 17.1 Å². The average Bonchev–Trinajstić information content (AvgIpc) is 2.74. The van der Waals surface area contributed by atoms with E-state index in [1.165, 1.54) is 0 Å². The highest BCUT2D eigenvalue weighted by Crippen LogP contribution is 2.27. The predicted molar refractivity (Wildman–Crippen MR) is 73.1 cm³/mol. The van der Waals surface area contributed by atoms with E-state index >= 15 is 0 Å². The molecule has 0 aliphatic carbocycles. The number of fused-ring (bicyclic) bond motifs is 1. The molecule has 0 aliphatic rings. The van der Waals surface area contributed by atoms with Crippen LogP contribution in [0.3, 0.4) is 0 Å². The van der Waals surface area contributed by atoms with Crippen LogP contribution in [0.2, 0.25) is 5.02 Å². The van der Waals surface area contributed by atoms with Crippen molar-refractivity contribution in [3.63, 3.8) is 0 Å². The lowest BCUT2D eigenvalue weighted by Crippen LogP contribution is -2.23. The van der Waals surface area contributed by atoms with Gasteiger partial charge in [0.1, 0.15) is 0 Å².